The van der Waals surface area contributed by atoms with Crippen LogP contribution in [0.15, 0.2) is 17.5 Å². The van der Waals surface area contributed by atoms with Gasteiger partial charge in [0.05, 0.1) is 17.8 Å². The lowest BCUT2D eigenvalue weighted by molar-refractivity contribution is -0.117. The summed E-state index contributed by atoms with van der Waals surface area (Å²) in [6, 6.07) is 1.68. The third-order valence-electron chi connectivity index (χ3n) is 3.49. The Labute approximate surface area is 139 Å². The number of rotatable bonds is 4. The molecule has 1 aromatic heterocycles. The van der Waals surface area contributed by atoms with Gasteiger partial charge in [0.15, 0.2) is 22.6 Å². The molecule has 0 unspecified atom stereocenters. The van der Waals surface area contributed by atoms with E-state index in [-0.39, 0.29) is 12.3 Å². The van der Waals surface area contributed by atoms with Crippen LogP contribution in [0.25, 0.3) is 0 Å². The van der Waals surface area contributed by atoms with Crippen LogP contribution in [0.5, 0.6) is 0 Å². The molecule has 1 saturated heterocycles. The van der Waals surface area contributed by atoms with Crippen molar-refractivity contribution in [2.45, 2.75) is 19.3 Å². The predicted octanol–water partition coefficient (Wildman–Crippen LogP) is 2.87. The van der Waals surface area contributed by atoms with E-state index in [0.29, 0.717) is 23.8 Å². The smallest absolute Gasteiger partial charge is 0.230 e. The van der Waals surface area contributed by atoms with E-state index in [1.807, 2.05) is 0 Å². The highest BCUT2D eigenvalue weighted by molar-refractivity contribution is 7.14. The molecule has 1 aromatic carbocycles. The van der Waals surface area contributed by atoms with E-state index in [0.717, 1.165) is 18.6 Å². The standard InChI is InChI=1S/C15H12F3N3O2S/c16-9-3-4-10(14(18)13(9)17)20-11(22)6-8-7-24-15(19-8)21-5-1-2-12(21)23/h3-4,7H,1-2,5-6H2,(H,20,22). The Bertz CT molecular complexity index is 809. The van der Waals surface area contributed by atoms with Gasteiger partial charge in [0, 0.05) is 18.3 Å². The van der Waals surface area contributed by atoms with Gasteiger partial charge < -0.3 is 5.32 Å². The van der Waals surface area contributed by atoms with Gasteiger partial charge in [0.2, 0.25) is 11.8 Å². The van der Waals surface area contributed by atoms with E-state index >= 15 is 0 Å². The minimum Gasteiger partial charge on any atom is -0.323 e. The summed E-state index contributed by atoms with van der Waals surface area (Å²) >= 11 is 1.24. The van der Waals surface area contributed by atoms with Crippen LogP contribution in [0.1, 0.15) is 18.5 Å². The fourth-order valence-corrected chi connectivity index (χ4v) is 3.20. The van der Waals surface area contributed by atoms with Crippen LogP contribution in [-0.2, 0) is 16.0 Å². The Kier molecular flexibility index (Phi) is 4.52. The topological polar surface area (TPSA) is 62.3 Å². The first kappa shape index (κ1) is 16.4. The van der Waals surface area contributed by atoms with Crippen LogP contribution in [0.3, 0.4) is 0 Å². The highest BCUT2D eigenvalue weighted by atomic mass is 32.1. The molecule has 2 heterocycles. The average Bonchev–Trinajstić information content (AvgIpc) is 3.16. The highest BCUT2D eigenvalue weighted by Gasteiger charge is 2.24. The molecule has 1 N–H and O–H groups in total. The fourth-order valence-electron chi connectivity index (χ4n) is 2.33. The number of aromatic nitrogens is 1. The molecular formula is C15H12F3N3O2S. The zero-order valence-corrected chi connectivity index (χ0v) is 13.1. The van der Waals surface area contributed by atoms with Gasteiger partial charge >= 0.3 is 0 Å². The summed E-state index contributed by atoms with van der Waals surface area (Å²) in [5.74, 6) is -5.06. The second-order valence-corrected chi connectivity index (χ2v) is 6.05. The molecule has 0 atom stereocenters. The zero-order chi connectivity index (χ0) is 17.3. The van der Waals surface area contributed by atoms with E-state index < -0.39 is 29.0 Å². The fraction of sp³-hybridized carbons (Fsp3) is 0.267. The molecule has 0 spiro atoms. The number of carbonyl (C=O) groups is 2. The number of benzene rings is 1. The van der Waals surface area contributed by atoms with Crippen molar-refractivity contribution >= 4 is 34.0 Å². The summed E-state index contributed by atoms with van der Waals surface area (Å²) in [5, 5.41) is 4.32. The Hall–Kier alpha value is -2.42. The molecule has 24 heavy (non-hydrogen) atoms. The Morgan fingerprint density at radius 1 is 1.29 bits per heavy atom. The monoisotopic (exact) mass is 355 g/mol. The number of nitrogens with zero attached hydrogens (tertiary/aromatic N) is 2. The summed E-state index contributed by atoms with van der Waals surface area (Å²) in [6.45, 7) is 0.595. The quantitative estimate of drug-likeness (QED) is 0.858. The van der Waals surface area contributed by atoms with Crippen molar-refractivity contribution in [3.8, 4) is 0 Å². The number of hydrogen-bond acceptors (Lipinski definition) is 4. The number of nitrogens with one attached hydrogen (secondary N) is 1. The maximum atomic E-state index is 13.5. The molecule has 1 aliphatic rings. The van der Waals surface area contributed by atoms with Crippen molar-refractivity contribution < 1.29 is 22.8 Å². The number of hydrogen-bond donors (Lipinski definition) is 1. The third-order valence-corrected chi connectivity index (χ3v) is 4.41. The van der Waals surface area contributed by atoms with Crippen LogP contribution in [-0.4, -0.2) is 23.3 Å². The Morgan fingerprint density at radius 3 is 2.79 bits per heavy atom. The normalized spacial score (nSPS) is 14.3. The molecular weight excluding hydrogens is 343 g/mol. The Balaban J connectivity index is 1.66. The van der Waals surface area contributed by atoms with Crippen molar-refractivity contribution in [2.75, 3.05) is 16.8 Å². The Morgan fingerprint density at radius 2 is 2.08 bits per heavy atom. The van der Waals surface area contributed by atoms with Crippen molar-refractivity contribution in [3.63, 3.8) is 0 Å². The number of thiazole rings is 1. The number of anilines is 2. The second kappa shape index (κ2) is 6.60. The van der Waals surface area contributed by atoms with Crippen LogP contribution in [0.2, 0.25) is 0 Å². The summed E-state index contributed by atoms with van der Waals surface area (Å²) in [6.07, 6.45) is 1.07. The minimum absolute atomic E-state index is 0.00999. The van der Waals surface area contributed by atoms with Crippen LogP contribution in [0.4, 0.5) is 24.0 Å². The van der Waals surface area contributed by atoms with E-state index in [2.05, 4.69) is 10.3 Å². The number of carbonyl (C=O) groups excluding carboxylic acids is 2. The van der Waals surface area contributed by atoms with Gasteiger partial charge in [-0.3, -0.25) is 14.5 Å². The summed E-state index contributed by atoms with van der Waals surface area (Å²) in [4.78, 5) is 29.3. The molecule has 5 nitrogen and oxygen atoms in total. The summed E-state index contributed by atoms with van der Waals surface area (Å²) in [5.41, 5.74) is -0.0285. The van der Waals surface area contributed by atoms with Gasteiger partial charge in [-0.15, -0.1) is 11.3 Å². The van der Waals surface area contributed by atoms with Crippen LogP contribution < -0.4 is 10.2 Å². The molecule has 0 aliphatic carbocycles. The molecule has 0 bridgehead atoms. The maximum absolute atomic E-state index is 13.5. The summed E-state index contributed by atoms with van der Waals surface area (Å²) < 4.78 is 39.5. The van der Waals surface area contributed by atoms with Crippen molar-refractivity contribution in [1.29, 1.82) is 0 Å². The first-order valence-corrected chi connectivity index (χ1v) is 8.02. The minimum atomic E-state index is -1.64. The maximum Gasteiger partial charge on any atom is 0.230 e. The van der Waals surface area contributed by atoms with Gasteiger partial charge in [0.1, 0.15) is 0 Å². The predicted molar refractivity (Wildman–Crippen MR) is 82.4 cm³/mol. The molecule has 3 rings (SSSR count). The van der Waals surface area contributed by atoms with Crippen molar-refractivity contribution in [3.05, 3.63) is 40.7 Å². The molecule has 126 valence electrons. The van der Waals surface area contributed by atoms with Gasteiger partial charge in [0.25, 0.3) is 0 Å². The SMILES string of the molecule is O=C(Cc1csc(N2CCCC2=O)n1)Nc1ccc(F)c(F)c1F. The van der Waals surface area contributed by atoms with E-state index in [1.54, 1.807) is 10.3 Å². The summed E-state index contributed by atoms with van der Waals surface area (Å²) in [7, 11) is 0. The first-order chi connectivity index (χ1) is 11.5. The zero-order valence-electron chi connectivity index (χ0n) is 12.3. The molecule has 1 fully saturated rings. The lowest BCUT2D eigenvalue weighted by Gasteiger charge is -2.10. The number of amides is 2. The lowest BCUT2D eigenvalue weighted by Crippen LogP contribution is -2.23. The van der Waals surface area contributed by atoms with E-state index in [9.17, 15) is 22.8 Å². The van der Waals surface area contributed by atoms with Crippen LogP contribution >= 0.6 is 11.3 Å². The third kappa shape index (κ3) is 3.25. The van der Waals surface area contributed by atoms with Crippen molar-refractivity contribution in [2.24, 2.45) is 0 Å². The first-order valence-electron chi connectivity index (χ1n) is 7.14. The van der Waals surface area contributed by atoms with Crippen LogP contribution in [0, 0.1) is 17.5 Å². The average molecular weight is 355 g/mol. The largest absolute Gasteiger partial charge is 0.323 e. The molecule has 1 aliphatic heterocycles. The lowest BCUT2D eigenvalue weighted by atomic mass is 10.2. The number of halogens is 3. The van der Waals surface area contributed by atoms with E-state index in [4.69, 9.17) is 0 Å². The highest BCUT2D eigenvalue weighted by Crippen LogP contribution is 2.26. The van der Waals surface area contributed by atoms with Crippen molar-refractivity contribution in [1.82, 2.24) is 4.98 Å². The molecule has 2 amide bonds. The molecule has 2 aromatic rings. The van der Waals surface area contributed by atoms with E-state index in [1.165, 1.54) is 11.3 Å². The van der Waals surface area contributed by atoms with Gasteiger partial charge in [-0.25, -0.2) is 18.2 Å². The van der Waals surface area contributed by atoms with Gasteiger partial charge in [-0.2, -0.15) is 0 Å². The van der Waals surface area contributed by atoms with Gasteiger partial charge in [-0.1, -0.05) is 0 Å². The molecule has 0 saturated carbocycles. The second-order valence-electron chi connectivity index (χ2n) is 5.22. The molecule has 9 heteroatoms. The van der Waals surface area contributed by atoms with Gasteiger partial charge in [-0.05, 0) is 18.6 Å². The molecule has 0 radical (unpaired) electrons.